The fraction of sp³-hybridized carbons (Fsp3) is 0.280. The Morgan fingerprint density at radius 2 is 1.60 bits per heavy atom. The van der Waals surface area contributed by atoms with Crippen molar-refractivity contribution < 1.29 is 18.0 Å². The van der Waals surface area contributed by atoms with Gasteiger partial charge in [0.05, 0.1) is 11.4 Å². The minimum Gasteiger partial charge on any atom is -0.355 e. The fourth-order valence-corrected chi connectivity index (χ4v) is 5.31. The summed E-state index contributed by atoms with van der Waals surface area (Å²) < 4.78 is 27.5. The van der Waals surface area contributed by atoms with Crippen molar-refractivity contribution in [2.75, 3.05) is 20.1 Å². The van der Waals surface area contributed by atoms with E-state index < -0.39 is 28.5 Å². The number of likely N-dealkylation sites (N-methyl/N-ethyl adjacent to an activating group) is 2. The molecule has 186 valence electrons. The third-order valence-corrected chi connectivity index (χ3v) is 8.20. The third kappa shape index (κ3) is 6.13. The molecule has 10 heteroatoms. The lowest BCUT2D eigenvalue weighted by Gasteiger charge is -2.30. The van der Waals surface area contributed by atoms with Crippen LogP contribution in [0.15, 0.2) is 65.6 Å². The largest absolute Gasteiger partial charge is 0.355 e. The van der Waals surface area contributed by atoms with Crippen molar-refractivity contribution in [2.45, 2.75) is 31.3 Å². The Hall–Kier alpha value is -2.65. The number of amides is 2. The smallest absolute Gasteiger partial charge is 0.243 e. The molecule has 0 fully saturated rings. The highest BCUT2D eigenvalue weighted by molar-refractivity contribution is 7.89. The summed E-state index contributed by atoms with van der Waals surface area (Å²) in [4.78, 5) is 27.3. The molecule has 1 unspecified atom stereocenters. The van der Waals surface area contributed by atoms with Gasteiger partial charge in [0.15, 0.2) is 0 Å². The van der Waals surface area contributed by atoms with Crippen molar-refractivity contribution >= 4 is 55.8 Å². The molecule has 0 aliphatic heterocycles. The maximum absolute atomic E-state index is 13.4. The Labute approximate surface area is 215 Å². The minimum atomic E-state index is -3.97. The average Bonchev–Trinajstić information content (AvgIpc) is 2.83. The Bertz CT molecular complexity index is 1330. The predicted molar refractivity (Wildman–Crippen MR) is 139 cm³/mol. The molecular formula is C25H27Cl2N3O4S. The molecule has 3 rings (SSSR count). The van der Waals surface area contributed by atoms with Crippen molar-refractivity contribution in [3.8, 4) is 0 Å². The van der Waals surface area contributed by atoms with E-state index in [9.17, 15) is 18.0 Å². The molecule has 0 spiro atoms. The number of nitrogens with one attached hydrogen (secondary N) is 1. The number of nitrogens with zero attached hydrogens (tertiary/aromatic N) is 2. The normalized spacial score (nSPS) is 12.5. The second-order valence-electron chi connectivity index (χ2n) is 8.06. The molecular weight excluding hydrogens is 509 g/mol. The standard InChI is InChI=1S/C25H27Cl2N3O4S/c1-4-28-25(32)17(2)30(15-21-22(26)10-7-11-23(21)27)24(31)16-29(3)35(33,34)20-13-12-18-8-5-6-9-19(18)14-20/h5-14,17H,4,15-16H2,1-3H3,(H,28,32). The van der Waals surface area contributed by atoms with Crippen LogP contribution in [-0.4, -0.2) is 55.6 Å². The molecule has 0 aliphatic carbocycles. The fourth-order valence-electron chi connectivity index (χ4n) is 3.63. The molecule has 3 aromatic carbocycles. The highest BCUT2D eigenvalue weighted by atomic mass is 35.5. The molecule has 7 nitrogen and oxygen atoms in total. The number of benzene rings is 3. The first-order valence-corrected chi connectivity index (χ1v) is 13.2. The molecule has 0 saturated heterocycles. The molecule has 3 aromatic rings. The number of rotatable bonds is 9. The molecule has 0 radical (unpaired) electrons. The number of halogens is 2. The van der Waals surface area contributed by atoms with Crippen molar-refractivity contribution in [3.05, 3.63) is 76.3 Å². The Morgan fingerprint density at radius 1 is 0.971 bits per heavy atom. The summed E-state index contributed by atoms with van der Waals surface area (Å²) in [6.07, 6.45) is 0. The van der Waals surface area contributed by atoms with Crippen LogP contribution < -0.4 is 5.32 Å². The SMILES string of the molecule is CCNC(=O)C(C)N(Cc1c(Cl)cccc1Cl)C(=O)CN(C)S(=O)(=O)c1ccc2ccccc2c1. The summed E-state index contributed by atoms with van der Waals surface area (Å²) in [7, 11) is -2.64. The number of hydrogen-bond donors (Lipinski definition) is 1. The molecule has 0 saturated carbocycles. The van der Waals surface area contributed by atoms with E-state index in [1.54, 1.807) is 44.2 Å². The van der Waals surface area contributed by atoms with Crippen LogP contribution in [-0.2, 0) is 26.2 Å². The lowest BCUT2D eigenvalue weighted by atomic mass is 10.1. The van der Waals surface area contributed by atoms with Crippen LogP contribution in [0.2, 0.25) is 10.0 Å². The van der Waals surface area contributed by atoms with E-state index in [1.807, 2.05) is 24.3 Å². The number of carbonyl (C=O) groups excluding carboxylic acids is 2. The van der Waals surface area contributed by atoms with Crippen LogP contribution in [0.4, 0.5) is 0 Å². The zero-order valence-corrected chi connectivity index (χ0v) is 22.0. The van der Waals surface area contributed by atoms with Gasteiger partial charge in [0, 0.05) is 35.7 Å². The van der Waals surface area contributed by atoms with Gasteiger partial charge in [0.1, 0.15) is 6.04 Å². The van der Waals surface area contributed by atoms with E-state index in [-0.39, 0.29) is 17.3 Å². The lowest BCUT2D eigenvalue weighted by molar-refractivity contribution is -0.140. The molecule has 0 heterocycles. The molecule has 35 heavy (non-hydrogen) atoms. The quantitative estimate of drug-likeness (QED) is 0.442. The first kappa shape index (κ1) is 26.9. The van der Waals surface area contributed by atoms with E-state index in [0.29, 0.717) is 22.2 Å². The highest BCUT2D eigenvalue weighted by Crippen LogP contribution is 2.27. The zero-order chi connectivity index (χ0) is 25.8. The van der Waals surface area contributed by atoms with E-state index in [4.69, 9.17) is 23.2 Å². The second-order valence-corrected chi connectivity index (χ2v) is 10.9. The monoisotopic (exact) mass is 535 g/mol. The van der Waals surface area contributed by atoms with Gasteiger partial charge in [-0.25, -0.2) is 8.42 Å². The van der Waals surface area contributed by atoms with E-state index in [0.717, 1.165) is 15.1 Å². The molecule has 2 amide bonds. The molecule has 1 atom stereocenters. The van der Waals surface area contributed by atoms with Crippen LogP contribution in [0.25, 0.3) is 10.8 Å². The van der Waals surface area contributed by atoms with Gasteiger partial charge in [0.2, 0.25) is 21.8 Å². The summed E-state index contributed by atoms with van der Waals surface area (Å²) in [6, 6.07) is 16.3. The number of hydrogen-bond acceptors (Lipinski definition) is 4. The van der Waals surface area contributed by atoms with Gasteiger partial charge < -0.3 is 10.2 Å². The maximum Gasteiger partial charge on any atom is 0.243 e. The Morgan fingerprint density at radius 3 is 2.23 bits per heavy atom. The predicted octanol–water partition coefficient (Wildman–Crippen LogP) is 4.32. The van der Waals surface area contributed by atoms with Crippen molar-refractivity contribution in [1.29, 1.82) is 0 Å². The zero-order valence-electron chi connectivity index (χ0n) is 19.7. The molecule has 0 aliphatic rings. The number of fused-ring (bicyclic) bond motifs is 1. The first-order valence-electron chi connectivity index (χ1n) is 11.0. The second kappa shape index (κ2) is 11.4. The van der Waals surface area contributed by atoms with Crippen molar-refractivity contribution in [2.24, 2.45) is 0 Å². The summed E-state index contributed by atoms with van der Waals surface area (Å²) in [5, 5.41) is 5.06. The summed E-state index contributed by atoms with van der Waals surface area (Å²) in [5.41, 5.74) is 0.473. The minimum absolute atomic E-state index is 0.0560. The van der Waals surface area contributed by atoms with Crippen LogP contribution in [0.5, 0.6) is 0 Å². The maximum atomic E-state index is 13.4. The third-order valence-electron chi connectivity index (χ3n) is 5.70. The molecule has 1 N–H and O–H groups in total. The van der Waals surface area contributed by atoms with Crippen LogP contribution >= 0.6 is 23.2 Å². The van der Waals surface area contributed by atoms with Gasteiger partial charge in [-0.3, -0.25) is 9.59 Å². The van der Waals surface area contributed by atoms with E-state index in [1.165, 1.54) is 18.0 Å². The van der Waals surface area contributed by atoms with Crippen LogP contribution in [0.1, 0.15) is 19.4 Å². The molecule has 0 aromatic heterocycles. The Kier molecular flexibility index (Phi) is 8.77. The summed E-state index contributed by atoms with van der Waals surface area (Å²) in [5.74, 6) is -0.935. The lowest BCUT2D eigenvalue weighted by Crippen LogP contribution is -2.50. The van der Waals surface area contributed by atoms with Gasteiger partial charge >= 0.3 is 0 Å². The van der Waals surface area contributed by atoms with E-state index in [2.05, 4.69) is 5.32 Å². The topological polar surface area (TPSA) is 86.8 Å². The summed E-state index contributed by atoms with van der Waals surface area (Å²) in [6.45, 7) is 3.20. The summed E-state index contributed by atoms with van der Waals surface area (Å²) >= 11 is 12.6. The van der Waals surface area contributed by atoms with Gasteiger partial charge in [-0.05, 0) is 48.9 Å². The Balaban J connectivity index is 1.89. The highest BCUT2D eigenvalue weighted by Gasteiger charge is 2.31. The first-order chi connectivity index (χ1) is 16.6. The van der Waals surface area contributed by atoms with Crippen LogP contribution in [0, 0.1) is 0 Å². The van der Waals surface area contributed by atoms with Gasteiger partial charge in [-0.1, -0.05) is 59.6 Å². The van der Waals surface area contributed by atoms with Crippen molar-refractivity contribution in [3.63, 3.8) is 0 Å². The van der Waals surface area contributed by atoms with Crippen molar-refractivity contribution in [1.82, 2.24) is 14.5 Å². The average molecular weight is 536 g/mol. The van der Waals surface area contributed by atoms with Crippen LogP contribution in [0.3, 0.4) is 0 Å². The van der Waals surface area contributed by atoms with E-state index >= 15 is 0 Å². The van der Waals surface area contributed by atoms with Gasteiger partial charge in [-0.15, -0.1) is 0 Å². The molecule has 0 bridgehead atoms. The number of carbonyl (C=O) groups is 2. The van der Waals surface area contributed by atoms with Gasteiger partial charge in [-0.2, -0.15) is 4.31 Å². The van der Waals surface area contributed by atoms with Gasteiger partial charge in [0.25, 0.3) is 0 Å². The number of sulfonamides is 1.